The molecular formula is C27H24N2O7S. The summed E-state index contributed by atoms with van der Waals surface area (Å²) < 4.78 is 43.8. The van der Waals surface area contributed by atoms with Crippen LogP contribution in [0.25, 0.3) is 11.0 Å². The summed E-state index contributed by atoms with van der Waals surface area (Å²) in [6.07, 6.45) is 1.27. The summed E-state index contributed by atoms with van der Waals surface area (Å²) in [6, 6.07) is 17.8. The van der Waals surface area contributed by atoms with Gasteiger partial charge in [0, 0.05) is 17.6 Å². The fourth-order valence-electron chi connectivity index (χ4n) is 4.40. The molecule has 0 radical (unpaired) electrons. The highest BCUT2D eigenvalue weighted by molar-refractivity contribution is 7.92. The molecule has 37 heavy (non-hydrogen) atoms. The lowest BCUT2D eigenvalue weighted by atomic mass is 10.0. The summed E-state index contributed by atoms with van der Waals surface area (Å²) in [4.78, 5) is 25.6. The van der Waals surface area contributed by atoms with Gasteiger partial charge in [-0.15, -0.1) is 0 Å². The van der Waals surface area contributed by atoms with E-state index >= 15 is 0 Å². The highest BCUT2D eigenvalue weighted by Gasteiger charge is 2.29. The number of amides is 1. The molecule has 3 aromatic carbocycles. The third-order valence-electron chi connectivity index (χ3n) is 6.25. The molecule has 0 fully saturated rings. The van der Waals surface area contributed by atoms with Crippen molar-refractivity contribution >= 4 is 38.3 Å². The van der Waals surface area contributed by atoms with Gasteiger partial charge in [0.25, 0.3) is 15.9 Å². The molecule has 9 nitrogen and oxygen atoms in total. The van der Waals surface area contributed by atoms with Crippen molar-refractivity contribution in [1.82, 2.24) is 0 Å². The molecule has 1 aliphatic heterocycles. The SMILES string of the molecule is COc1ccc(S(=O)(=O)N2CCCc3cc(NC(=O)c4cc5cccc(OC)c5oc4=O)ccc32)cc1. The van der Waals surface area contributed by atoms with Crippen molar-refractivity contribution in [2.24, 2.45) is 0 Å². The van der Waals surface area contributed by atoms with Crippen molar-refractivity contribution in [3.05, 3.63) is 88.3 Å². The van der Waals surface area contributed by atoms with E-state index < -0.39 is 21.6 Å². The average Bonchev–Trinajstić information content (AvgIpc) is 2.91. The summed E-state index contributed by atoms with van der Waals surface area (Å²) in [5, 5.41) is 3.28. The second kappa shape index (κ2) is 9.62. The number of nitrogens with one attached hydrogen (secondary N) is 1. The zero-order valence-corrected chi connectivity index (χ0v) is 21.0. The van der Waals surface area contributed by atoms with Crippen LogP contribution in [0, 0.1) is 0 Å². The molecule has 0 atom stereocenters. The number of para-hydroxylation sites is 1. The molecular weight excluding hydrogens is 496 g/mol. The average molecular weight is 521 g/mol. The second-order valence-electron chi connectivity index (χ2n) is 8.48. The van der Waals surface area contributed by atoms with E-state index in [2.05, 4.69) is 5.32 Å². The van der Waals surface area contributed by atoms with Crippen LogP contribution in [0.2, 0.25) is 0 Å². The highest BCUT2D eigenvalue weighted by atomic mass is 32.2. The Morgan fingerprint density at radius 3 is 2.51 bits per heavy atom. The van der Waals surface area contributed by atoms with Crippen LogP contribution in [0.15, 0.2) is 80.8 Å². The number of hydrogen-bond acceptors (Lipinski definition) is 7. The summed E-state index contributed by atoms with van der Waals surface area (Å²) in [5.74, 6) is 0.334. The Balaban J connectivity index is 1.42. The molecule has 0 bridgehead atoms. The lowest BCUT2D eigenvalue weighted by Gasteiger charge is -2.31. The zero-order chi connectivity index (χ0) is 26.2. The Kier molecular flexibility index (Phi) is 6.34. The van der Waals surface area contributed by atoms with Crippen LogP contribution < -0.4 is 24.7 Å². The maximum atomic E-state index is 13.3. The molecule has 190 valence electrons. The molecule has 2 heterocycles. The second-order valence-corrected chi connectivity index (χ2v) is 10.3. The number of carbonyl (C=O) groups excluding carboxylic acids is 1. The first-order valence-corrected chi connectivity index (χ1v) is 13.0. The van der Waals surface area contributed by atoms with Crippen LogP contribution in [0.3, 0.4) is 0 Å². The van der Waals surface area contributed by atoms with Crippen molar-refractivity contribution in [2.75, 3.05) is 30.4 Å². The van der Waals surface area contributed by atoms with Crippen LogP contribution >= 0.6 is 0 Å². The first-order chi connectivity index (χ1) is 17.8. The Morgan fingerprint density at radius 1 is 1.00 bits per heavy atom. The number of rotatable bonds is 6. The molecule has 1 amide bonds. The lowest BCUT2D eigenvalue weighted by molar-refractivity contribution is 0.102. The standard InChI is InChI=1S/C27H24N2O7S/c1-34-20-9-11-21(12-10-20)37(32,33)29-14-4-6-17-15-19(8-13-23(17)29)28-26(30)22-16-18-5-3-7-24(35-2)25(18)36-27(22)31/h3,5,7-13,15-16H,4,6,14H2,1-2H3,(H,28,30). The first kappa shape index (κ1) is 24.4. The topological polar surface area (TPSA) is 115 Å². The molecule has 0 saturated heterocycles. The third kappa shape index (κ3) is 4.51. The summed E-state index contributed by atoms with van der Waals surface area (Å²) in [7, 11) is -0.800. The Hall–Kier alpha value is -4.31. The summed E-state index contributed by atoms with van der Waals surface area (Å²) in [6.45, 7) is 0.342. The number of nitrogens with zero attached hydrogens (tertiary/aromatic N) is 1. The minimum Gasteiger partial charge on any atom is -0.497 e. The van der Waals surface area contributed by atoms with Gasteiger partial charge in [-0.1, -0.05) is 12.1 Å². The Bertz CT molecular complexity index is 1660. The fourth-order valence-corrected chi connectivity index (χ4v) is 5.94. The number of anilines is 2. The van der Waals surface area contributed by atoms with Crippen LogP contribution in [-0.2, 0) is 16.4 Å². The van der Waals surface area contributed by atoms with Gasteiger partial charge in [0.1, 0.15) is 11.3 Å². The van der Waals surface area contributed by atoms with E-state index in [-0.39, 0.29) is 16.0 Å². The van der Waals surface area contributed by atoms with Crippen molar-refractivity contribution in [2.45, 2.75) is 17.7 Å². The number of sulfonamides is 1. The smallest absolute Gasteiger partial charge is 0.349 e. The van der Waals surface area contributed by atoms with Gasteiger partial charge >= 0.3 is 5.63 Å². The van der Waals surface area contributed by atoms with E-state index in [1.165, 1.54) is 36.7 Å². The monoisotopic (exact) mass is 520 g/mol. The van der Waals surface area contributed by atoms with Crippen molar-refractivity contribution in [1.29, 1.82) is 0 Å². The van der Waals surface area contributed by atoms with Gasteiger partial charge in [0.2, 0.25) is 0 Å². The minimum absolute atomic E-state index is 0.151. The number of methoxy groups -OCH3 is 2. The minimum atomic E-state index is -3.79. The van der Waals surface area contributed by atoms with E-state index in [9.17, 15) is 18.0 Å². The van der Waals surface area contributed by atoms with Gasteiger partial charge in [0.05, 0.1) is 24.8 Å². The maximum Gasteiger partial charge on any atom is 0.349 e. The molecule has 1 N–H and O–H groups in total. The molecule has 10 heteroatoms. The Labute approximate surface area is 213 Å². The predicted molar refractivity (Wildman–Crippen MR) is 139 cm³/mol. The van der Waals surface area contributed by atoms with E-state index in [4.69, 9.17) is 13.9 Å². The molecule has 0 aliphatic carbocycles. The largest absolute Gasteiger partial charge is 0.497 e. The first-order valence-electron chi connectivity index (χ1n) is 11.5. The molecule has 5 rings (SSSR count). The number of carbonyl (C=O) groups is 1. The van der Waals surface area contributed by atoms with Crippen LogP contribution in [0.5, 0.6) is 11.5 Å². The number of fused-ring (bicyclic) bond motifs is 2. The predicted octanol–water partition coefficient (Wildman–Crippen LogP) is 4.20. The fraction of sp³-hybridized carbons (Fsp3) is 0.185. The van der Waals surface area contributed by atoms with Crippen molar-refractivity contribution in [3.63, 3.8) is 0 Å². The number of benzene rings is 3. The third-order valence-corrected chi connectivity index (χ3v) is 8.08. The van der Waals surface area contributed by atoms with Crippen LogP contribution in [0.1, 0.15) is 22.3 Å². The molecule has 1 aromatic heterocycles. The maximum absolute atomic E-state index is 13.3. The van der Waals surface area contributed by atoms with E-state index in [0.29, 0.717) is 47.6 Å². The van der Waals surface area contributed by atoms with Crippen molar-refractivity contribution in [3.8, 4) is 11.5 Å². The summed E-state index contributed by atoms with van der Waals surface area (Å²) >= 11 is 0. The number of ether oxygens (including phenoxy) is 2. The molecule has 0 saturated carbocycles. The lowest BCUT2D eigenvalue weighted by Crippen LogP contribution is -2.35. The van der Waals surface area contributed by atoms with Gasteiger partial charge < -0.3 is 19.2 Å². The van der Waals surface area contributed by atoms with Gasteiger partial charge in [-0.3, -0.25) is 9.10 Å². The van der Waals surface area contributed by atoms with Gasteiger partial charge in [-0.2, -0.15) is 0 Å². The van der Waals surface area contributed by atoms with Gasteiger partial charge in [-0.05, 0) is 73.0 Å². The zero-order valence-electron chi connectivity index (χ0n) is 20.2. The summed E-state index contributed by atoms with van der Waals surface area (Å²) in [5.41, 5.74) is 1.09. The Morgan fingerprint density at radius 2 is 1.78 bits per heavy atom. The van der Waals surface area contributed by atoms with E-state index in [1.807, 2.05) is 0 Å². The van der Waals surface area contributed by atoms with E-state index in [0.717, 1.165) is 5.56 Å². The molecule has 4 aromatic rings. The van der Waals surface area contributed by atoms with Crippen molar-refractivity contribution < 1.29 is 27.1 Å². The number of aryl methyl sites for hydroxylation is 1. The van der Waals surface area contributed by atoms with Gasteiger partial charge in [-0.25, -0.2) is 13.2 Å². The molecule has 0 unspecified atom stereocenters. The molecule has 1 aliphatic rings. The van der Waals surface area contributed by atoms with Gasteiger partial charge in [0.15, 0.2) is 11.3 Å². The van der Waals surface area contributed by atoms with Crippen LogP contribution in [0.4, 0.5) is 11.4 Å². The van der Waals surface area contributed by atoms with E-state index in [1.54, 1.807) is 48.5 Å². The number of hydrogen-bond donors (Lipinski definition) is 1. The van der Waals surface area contributed by atoms with Crippen LogP contribution in [-0.4, -0.2) is 35.1 Å². The quantitative estimate of drug-likeness (QED) is 0.379. The normalized spacial score (nSPS) is 13.2. The highest BCUT2D eigenvalue weighted by Crippen LogP contribution is 2.34. The molecule has 0 spiro atoms.